The number of pyridine rings is 1. The zero-order chi connectivity index (χ0) is 16.9. The van der Waals surface area contributed by atoms with Gasteiger partial charge in [0.05, 0.1) is 0 Å². The number of thiazole rings is 1. The number of benzene rings is 1. The van der Waals surface area contributed by atoms with Crippen molar-refractivity contribution in [1.29, 1.82) is 0 Å². The molecule has 7 heteroatoms. The van der Waals surface area contributed by atoms with E-state index in [1.807, 2.05) is 24.4 Å². The standard InChI is InChI=1S/C17H15N3O2S2/c1-11-9-23-17(19-11)24-10-12-4-6-13(7-5-12)16(22)20-15-14(21)3-2-8-18-15/h2-9,21H,10H2,1H3,(H,18,20,22). The van der Waals surface area contributed by atoms with E-state index in [0.29, 0.717) is 5.56 Å². The number of amides is 1. The van der Waals surface area contributed by atoms with Crippen molar-refractivity contribution in [3.05, 3.63) is 64.8 Å². The lowest BCUT2D eigenvalue weighted by Crippen LogP contribution is -2.12. The van der Waals surface area contributed by atoms with Crippen molar-refractivity contribution in [2.24, 2.45) is 0 Å². The van der Waals surface area contributed by atoms with Gasteiger partial charge in [-0.05, 0) is 36.8 Å². The predicted molar refractivity (Wildman–Crippen MR) is 96.7 cm³/mol. The molecule has 0 unspecified atom stereocenters. The number of nitrogens with zero attached hydrogens (tertiary/aromatic N) is 2. The van der Waals surface area contributed by atoms with Crippen molar-refractivity contribution in [3.63, 3.8) is 0 Å². The molecule has 24 heavy (non-hydrogen) atoms. The normalized spacial score (nSPS) is 10.5. The minimum atomic E-state index is -0.307. The van der Waals surface area contributed by atoms with Gasteiger partial charge in [0.1, 0.15) is 4.34 Å². The Hall–Kier alpha value is -2.38. The smallest absolute Gasteiger partial charge is 0.256 e. The van der Waals surface area contributed by atoms with Crippen LogP contribution in [0.1, 0.15) is 21.6 Å². The first-order chi connectivity index (χ1) is 11.6. The van der Waals surface area contributed by atoms with Gasteiger partial charge in [0.15, 0.2) is 11.6 Å². The summed E-state index contributed by atoms with van der Waals surface area (Å²) in [5, 5.41) is 14.3. The average molecular weight is 357 g/mol. The molecule has 3 rings (SSSR count). The first kappa shape index (κ1) is 16.5. The van der Waals surface area contributed by atoms with Crippen LogP contribution < -0.4 is 5.32 Å². The number of hydrogen-bond donors (Lipinski definition) is 2. The number of carbonyl (C=O) groups is 1. The second-order valence-corrected chi connectivity index (χ2v) is 7.15. The second-order valence-electron chi connectivity index (χ2n) is 5.07. The van der Waals surface area contributed by atoms with E-state index in [1.54, 1.807) is 41.3 Å². The molecular formula is C17H15N3O2S2. The zero-order valence-corrected chi connectivity index (χ0v) is 14.5. The molecule has 0 saturated carbocycles. The summed E-state index contributed by atoms with van der Waals surface area (Å²) in [4.78, 5) is 20.5. The summed E-state index contributed by atoms with van der Waals surface area (Å²) in [6, 6.07) is 10.4. The maximum absolute atomic E-state index is 12.2. The maximum atomic E-state index is 12.2. The first-order valence-electron chi connectivity index (χ1n) is 7.21. The molecule has 1 aromatic carbocycles. The summed E-state index contributed by atoms with van der Waals surface area (Å²) in [5.41, 5.74) is 2.66. The largest absolute Gasteiger partial charge is 0.504 e. The summed E-state index contributed by atoms with van der Waals surface area (Å²) >= 11 is 3.31. The summed E-state index contributed by atoms with van der Waals surface area (Å²) in [6.07, 6.45) is 1.51. The van der Waals surface area contributed by atoms with Crippen molar-refractivity contribution in [2.75, 3.05) is 5.32 Å². The number of thioether (sulfide) groups is 1. The van der Waals surface area contributed by atoms with E-state index < -0.39 is 0 Å². The summed E-state index contributed by atoms with van der Waals surface area (Å²) in [6.45, 7) is 1.98. The van der Waals surface area contributed by atoms with Gasteiger partial charge in [-0.3, -0.25) is 4.79 Å². The zero-order valence-electron chi connectivity index (χ0n) is 12.9. The fraction of sp³-hybridized carbons (Fsp3) is 0.118. The van der Waals surface area contributed by atoms with Gasteiger partial charge in [0.25, 0.3) is 5.91 Å². The SMILES string of the molecule is Cc1csc(SCc2ccc(C(=O)Nc3ncccc3O)cc2)n1. The summed E-state index contributed by atoms with van der Waals surface area (Å²) in [5.74, 6) is 0.591. The van der Waals surface area contributed by atoms with Crippen LogP contribution in [0.5, 0.6) is 5.75 Å². The van der Waals surface area contributed by atoms with Crippen molar-refractivity contribution in [2.45, 2.75) is 17.0 Å². The van der Waals surface area contributed by atoms with Gasteiger partial charge in [0, 0.05) is 28.6 Å². The van der Waals surface area contributed by atoms with Gasteiger partial charge in [-0.25, -0.2) is 9.97 Å². The highest BCUT2D eigenvalue weighted by Crippen LogP contribution is 2.26. The van der Waals surface area contributed by atoms with Crippen LogP contribution in [0.3, 0.4) is 0 Å². The lowest BCUT2D eigenvalue weighted by atomic mass is 10.1. The number of aromatic nitrogens is 2. The van der Waals surface area contributed by atoms with Gasteiger partial charge >= 0.3 is 0 Å². The molecule has 2 heterocycles. The highest BCUT2D eigenvalue weighted by atomic mass is 32.2. The molecule has 0 aliphatic carbocycles. The van der Waals surface area contributed by atoms with Gasteiger partial charge < -0.3 is 10.4 Å². The van der Waals surface area contributed by atoms with E-state index in [4.69, 9.17) is 0 Å². The van der Waals surface area contributed by atoms with Crippen molar-refractivity contribution < 1.29 is 9.90 Å². The van der Waals surface area contributed by atoms with Crippen LogP contribution >= 0.6 is 23.1 Å². The number of carbonyl (C=O) groups excluding carboxylic acids is 1. The van der Waals surface area contributed by atoms with E-state index >= 15 is 0 Å². The average Bonchev–Trinajstić information content (AvgIpc) is 3.01. The molecule has 0 saturated heterocycles. The quantitative estimate of drug-likeness (QED) is 0.673. The molecule has 0 bridgehead atoms. The fourth-order valence-corrected chi connectivity index (χ4v) is 3.77. The Morgan fingerprint density at radius 3 is 2.75 bits per heavy atom. The van der Waals surface area contributed by atoms with E-state index in [0.717, 1.165) is 21.3 Å². The molecule has 0 atom stereocenters. The highest BCUT2D eigenvalue weighted by Gasteiger charge is 2.09. The van der Waals surface area contributed by atoms with Crippen LogP contribution in [-0.4, -0.2) is 21.0 Å². The molecule has 122 valence electrons. The van der Waals surface area contributed by atoms with Crippen LogP contribution in [0.15, 0.2) is 52.3 Å². The maximum Gasteiger partial charge on any atom is 0.256 e. The van der Waals surface area contributed by atoms with Gasteiger partial charge in [-0.1, -0.05) is 23.9 Å². The third-order valence-electron chi connectivity index (χ3n) is 3.19. The molecular weight excluding hydrogens is 342 g/mol. The molecule has 5 nitrogen and oxygen atoms in total. The highest BCUT2D eigenvalue weighted by molar-refractivity contribution is 8.00. The third-order valence-corrected chi connectivity index (χ3v) is 5.40. The first-order valence-corrected chi connectivity index (χ1v) is 9.07. The molecule has 2 aromatic heterocycles. The third kappa shape index (κ3) is 4.12. The van der Waals surface area contributed by atoms with Crippen LogP contribution in [0, 0.1) is 6.92 Å². The lowest BCUT2D eigenvalue weighted by Gasteiger charge is -2.06. The van der Waals surface area contributed by atoms with Crippen LogP contribution in [-0.2, 0) is 5.75 Å². The summed E-state index contributed by atoms with van der Waals surface area (Å²) in [7, 11) is 0. The molecule has 0 spiro atoms. The van der Waals surface area contributed by atoms with Crippen molar-refractivity contribution in [3.8, 4) is 5.75 Å². The Kier molecular flexibility index (Phi) is 5.12. The van der Waals surface area contributed by atoms with Crippen LogP contribution in [0.25, 0.3) is 0 Å². The minimum absolute atomic E-state index is 0.0578. The Labute approximate surface area is 147 Å². The van der Waals surface area contributed by atoms with Crippen molar-refractivity contribution in [1.82, 2.24) is 9.97 Å². The monoisotopic (exact) mass is 357 g/mol. The van der Waals surface area contributed by atoms with E-state index in [2.05, 4.69) is 15.3 Å². The van der Waals surface area contributed by atoms with Gasteiger partial charge in [0.2, 0.25) is 0 Å². The number of aromatic hydroxyl groups is 1. The predicted octanol–water partition coefficient (Wildman–Crippen LogP) is 4.10. The Balaban J connectivity index is 1.61. The minimum Gasteiger partial charge on any atom is -0.504 e. The molecule has 0 fully saturated rings. The number of hydrogen-bond acceptors (Lipinski definition) is 6. The Morgan fingerprint density at radius 1 is 1.29 bits per heavy atom. The van der Waals surface area contributed by atoms with Crippen molar-refractivity contribution >= 4 is 34.8 Å². The van der Waals surface area contributed by atoms with E-state index in [1.165, 1.54) is 12.3 Å². The van der Waals surface area contributed by atoms with Gasteiger partial charge in [-0.15, -0.1) is 11.3 Å². The number of nitrogens with one attached hydrogen (secondary N) is 1. The fourth-order valence-electron chi connectivity index (χ4n) is 1.97. The number of aryl methyl sites for hydroxylation is 1. The molecule has 3 aromatic rings. The van der Waals surface area contributed by atoms with E-state index in [-0.39, 0.29) is 17.5 Å². The van der Waals surface area contributed by atoms with Crippen LogP contribution in [0.4, 0.5) is 5.82 Å². The molecule has 0 aliphatic rings. The van der Waals surface area contributed by atoms with E-state index in [9.17, 15) is 9.90 Å². The molecule has 0 aliphatic heterocycles. The number of anilines is 1. The lowest BCUT2D eigenvalue weighted by molar-refractivity contribution is 0.102. The molecule has 1 amide bonds. The van der Waals surface area contributed by atoms with Crippen LogP contribution in [0.2, 0.25) is 0 Å². The summed E-state index contributed by atoms with van der Waals surface area (Å²) < 4.78 is 1.04. The molecule has 0 radical (unpaired) electrons. The number of rotatable bonds is 5. The second kappa shape index (κ2) is 7.46. The topological polar surface area (TPSA) is 75.1 Å². The Morgan fingerprint density at radius 2 is 2.08 bits per heavy atom. The molecule has 2 N–H and O–H groups in total. The van der Waals surface area contributed by atoms with Gasteiger partial charge in [-0.2, -0.15) is 0 Å². The Bertz CT molecular complexity index is 847.